The van der Waals surface area contributed by atoms with E-state index in [0.717, 1.165) is 47.7 Å². The lowest BCUT2D eigenvalue weighted by molar-refractivity contribution is -0.126. The molecule has 2 atom stereocenters. The van der Waals surface area contributed by atoms with Crippen LogP contribution in [0.2, 0.25) is 0 Å². The number of benzene rings is 5. The van der Waals surface area contributed by atoms with Gasteiger partial charge < -0.3 is 39.5 Å². The molecule has 2 amide bonds. The van der Waals surface area contributed by atoms with E-state index in [-0.39, 0.29) is 31.5 Å². The minimum absolute atomic E-state index is 0.120. The van der Waals surface area contributed by atoms with E-state index >= 15 is 0 Å². The number of methoxy groups -OCH3 is 2. The number of aldehydes is 2. The number of hydrogen-bond donors (Lipinski definition) is 2. The number of hydrogen-bond acceptors (Lipinski definition) is 11. The third-order valence-electron chi connectivity index (χ3n) is 9.43. The summed E-state index contributed by atoms with van der Waals surface area (Å²) < 4.78 is 66.9. The molecule has 17 heteroatoms. The van der Waals surface area contributed by atoms with Gasteiger partial charge in [0.1, 0.15) is 59.9 Å². The second-order valence-electron chi connectivity index (χ2n) is 14.1. The van der Waals surface area contributed by atoms with Crippen LogP contribution in [0.4, 0.5) is 40.3 Å². The first kappa shape index (κ1) is 49.1. The first-order valence-electron chi connectivity index (χ1n) is 19.5. The summed E-state index contributed by atoms with van der Waals surface area (Å²) in [5.74, 6) is -2.23. The molecule has 63 heavy (non-hydrogen) atoms. The van der Waals surface area contributed by atoms with Crippen molar-refractivity contribution in [1.29, 1.82) is 0 Å². The number of likely N-dealkylation sites (N-methyl/N-ethyl adjacent to an activating group) is 2. The standard InChI is InChI=1S/C27H26F2N4O4S.C10H11F2NO.C9H13NO/c1-31(21-7-9-22(37-2)10-8-21)27(36)23(15-18-13-19(28)16-20(29)14-18)30-26(35)17-33-25-6-4-3-5-24(25)32(38-33)11-12-34;1-13-10(6-14)4-7-2-8(11)5-9(12)3-7;1-10(2)8-4-6-9(11-3)7-5-8/h3-10,12-14,16,23H,11,15,17H2,1-2H3,(H,30,35);2-3,5-6,10,13H,4H2,1H3;4-7H,1-3H3/t;10-;/m.0./s1. The molecule has 6 rings (SSSR count). The van der Waals surface area contributed by atoms with Crippen molar-refractivity contribution in [2.75, 3.05) is 73.9 Å². The van der Waals surface area contributed by atoms with Crippen molar-refractivity contribution in [2.24, 2.45) is 0 Å². The summed E-state index contributed by atoms with van der Waals surface area (Å²) in [6.45, 7) is 0.0171. The SMILES string of the molecule is CN[C@H](C=O)Cc1cc(F)cc(F)c1.COc1ccc(N(C)C(=O)C(Cc2cc(F)cc(F)c2)NC(=O)CN2SN(CC=O)c3ccccc32)cc1.COc1ccc(N(C)C)cc1. The van der Waals surface area contributed by atoms with Gasteiger partial charge in [0.2, 0.25) is 11.8 Å². The molecule has 0 saturated carbocycles. The second kappa shape index (κ2) is 24.2. The lowest BCUT2D eigenvalue weighted by Gasteiger charge is -2.26. The molecule has 5 aromatic rings. The molecule has 5 aromatic carbocycles. The van der Waals surface area contributed by atoms with E-state index in [2.05, 4.69) is 15.5 Å². The van der Waals surface area contributed by atoms with Gasteiger partial charge in [0, 0.05) is 51.1 Å². The normalized spacial score (nSPS) is 12.3. The highest BCUT2D eigenvalue weighted by atomic mass is 32.2. The van der Waals surface area contributed by atoms with Crippen LogP contribution in [-0.2, 0) is 32.0 Å². The van der Waals surface area contributed by atoms with Crippen molar-refractivity contribution in [2.45, 2.75) is 24.9 Å². The molecule has 12 nitrogen and oxygen atoms in total. The highest BCUT2D eigenvalue weighted by Crippen LogP contribution is 2.43. The van der Waals surface area contributed by atoms with E-state index in [0.29, 0.717) is 23.3 Å². The van der Waals surface area contributed by atoms with E-state index in [1.165, 1.54) is 42.0 Å². The summed E-state index contributed by atoms with van der Waals surface area (Å²) in [5.41, 5.74) is 3.97. The predicted molar refractivity (Wildman–Crippen MR) is 239 cm³/mol. The first-order chi connectivity index (χ1) is 30.2. The minimum Gasteiger partial charge on any atom is -0.497 e. The fourth-order valence-electron chi connectivity index (χ4n) is 6.19. The van der Waals surface area contributed by atoms with Gasteiger partial charge in [-0.15, -0.1) is 0 Å². The van der Waals surface area contributed by atoms with Gasteiger partial charge in [-0.2, -0.15) is 0 Å². The number of carbonyl (C=O) groups excluding carboxylic acids is 4. The molecule has 0 fully saturated rings. The van der Waals surface area contributed by atoms with Gasteiger partial charge in [0.05, 0.1) is 50.3 Å². The average Bonchev–Trinajstić information content (AvgIpc) is 3.60. The van der Waals surface area contributed by atoms with Gasteiger partial charge in [0.25, 0.3) is 0 Å². The summed E-state index contributed by atoms with van der Waals surface area (Å²) in [6, 6.07) is 26.8. The number of nitrogens with zero attached hydrogens (tertiary/aromatic N) is 4. The summed E-state index contributed by atoms with van der Waals surface area (Å²) in [4.78, 5) is 51.7. The number of para-hydroxylation sites is 2. The maximum absolute atomic E-state index is 13.9. The molecule has 334 valence electrons. The van der Waals surface area contributed by atoms with Gasteiger partial charge in [0.15, 0.2) is 0 Å². The third-order valence-corrected chi connectivity index (χ3v) is 10.5. The quantitative estimate of drug-likeness (QED) is 0.0618. The Bertz CT molecular complexity index is 2250. The molecular weight excluding hydrogens is 841 g/mol. The van der Waals surface area contributed by atoms with Gasteiger partial charge in [-0.25, -0.2) is 17.6 Å². The largest absolute Gasteiger partial charge is 0.497 e. The Morgan fingerprint density at radius 1 is 0.698 bits per heavy atom. The van der Waals surface area contributed by atoms with E-state index in [1.54, 1.807) is 54.1 Å². The smallest absolute Gasteiger partial charge is 0.249 e. The molecule has 1 aliphatic rings. The van der Waals surface area contributed by atoms with Crippen LogP contribution in [0.3, 0.4) is 0 Å². The Hall–Kier alpha value is -6.59. The van der Waals surface area contributed by atoms with Crippen molar-refractivity contribution in [3.05, 3.63) is 144 Å². The molecule has 0 aromatic heterocycles. The van der Waals surface area contributed by atoms with Crippen LogP contribution in [0.5, 0.6) is 11.5 Å². The van der Waals surface area contributed by atoms with Gasteiger partial charge in [-0.3, -0.25) is 18.2 Å². The topological polar surface area (TPSA) is 124 Å². The van der Waals surface area contributed by atoms with Crippen LogP contribution in [0.15, 0.2) is 109 Å². The molecular formula is C46H50F4N6O6S. The fraction of sp³-hybridized carbons (Fsp3) is 0.261. The lowest BCUT2D eigenvalue weighted by atomic mass is 10.0. The highest BCUT2D eigenvalue weighted by molar-refractivity contribution is 8.02. The molecule has 1 heterocycles. The van der Waals surface area contributed by atoms with Crippen molar-refractivity contribution in [3.8, 4) is 11.5 Å². The second-order valence-corrected chi connectivity index (χ2v) is 15.2. The molecule has 0 spiro atoms. The fourth-order valence-corrected chi connectivity index (χ4v) is 7.21. The van der Waals surface area contributed by atoms with Crippen LogP contribution < -0.4 is 38.5 Å². The number of ether oxygens (including phenoxy) is 2. The third kappa shape index (κ3) is 14.8. The number of fused-ring (bicyclic) bond motifs is 1. The Kier molecular flexibility index (Phi) is 18.8. The Balaban J connectivity index is 0.000000282. The number of amides is 2. The van der Waals surface area contributed by atoms with Crippen LogP contribution >= 0.6 is 12.1 Å². The molecule has 0 saturated heterocycles. The number of nitrogens with one attached hydrogen (secondary N) is 2. The van der Waals surface area contributed by atoms with E-state index in [9.17, 15) is 36.7 Å². The summed E-state index contributed by atoms with van der Waals surface area (Å²) in [7, 11) is 10.4. The Morgan fingerprint density at radius 3 is 1.62 bits per heavy atom. The number of anilines is 4. The molecule has 1 aliphatic heterocycles. The maximum Gasteiger partial charge on any atom is 0.249 e. The monoisotopic (exact) mass is 890 g/mol. The molecule has 0 radical (unpaired) electrons. The molecule has 2 N–H and O–H groups in total. The van der Waals surface area contributed by atoms with Crippen molar-refractivity contribution in [1.82, 2.24) is 10.6 Å². The summed E-state index contributed by atoms with van der Waals surface area (Å²) in [6.07, 6.45) is 1.65. The summed E-state index contributed by atoms with van der Waals surface area (Å²) in [5, 5.41) is 5.47. The van der Waals surface area contributed by atoms with Crippen LogP contribution in [0.1, 0.15) is 11.1 Å². The first-order valence-corrected chi connectivity index (χ1v) is 20.2. The van der Waals surface area contributed by atoms with Crippen LogP contribution in [-0.4, -0.2) is 92.0 Å². The van der Waals surface area contributed by atoms with Gasteiger partial charge in [-0.05, 0) is 110 Å². The Morgan fingerprint density at radius 2 is 1.17 bits per heavy atom. The zero-order valence-electron chi connectivity index (χ0n) is 35.7. The van der Waals surface area contributed by atoms with Crippen LogP contribution in [0.25, 0.3) is 0 Å². The molecule has 0 bridgehead atoms. The van der Waals surface area contributed by atoms with Gasteiger partial charge >= 0.3 is 0 Å². The molecule has 0 aliphatic carbocycles. The number of rotatable bonds is 16. The zero-order chi connectivity index (χ0) is 46.1. The zero-order valence-corrected chi connectivity index (χ0v) is 36.5. The maximum atomic E-state index is 13.9. The molecule has 1 unspecified atom stereocenters. The minimum atomic E-state index is -1.11. The highest BCUT2D eigenvalue weighted by Gasteiger charge is 2.31. The van der Waals surface area contributed by atoms with Crippen molar-refractivity contribution >= 4 is 59.3 Å². The number of halogens is 4. The van der Waals surface area contributed by atoms with E-state index < -0.39 is 47.2 Å². The number of carbonyl (C=O) groups is 4. The van der Waals surface area contributed by atoms with E-state index in [1.807, 2.05) is 62.6 Å². The van der Waals surface area contributed by atoms with Crippen molar-refractivity contribution in [3.63, 3.8) is 0 Å². The van der Waals surface area contributed by atoms with Gasteiger partial charge in [-0.1, -0.05) is 12.1 Å². The Labute approximate surface area is 369 Å². The predicted octanol–water partition coefficient (Wildman–Crippen LogP) is 6.81. The van der Waals surface area contributed by atoms with Crippen LogP contribution in [0, 0.1) is 23.3 Å². The summed E-state index contributed by atoms with van der Waals surface area (Å²) >= 11 is 1.21. The lowest BCUT2D eigenvalue weighted by Crippen LogP contribution is -2.50. The van der Waals surface area contributed by atoms with E-state index in [4.69, 9.17) is 9.47 Å². The van der Waals surface area contributed by atoms with Crippen molar-refractivity contribution < 1.29 is 46.2 Å². The average molecular weight is 891 g/mol.